The zero-order valence-corrected chi connectivity index (χ0v) is 17.6. The molecule has 1 aromatic heterocycles. The van der Waals surface area contributed by atoms with Gasteiger partial charge in [-0.15, -0.1) is 0 Å². The summed E-state index contributed by atoms with van der Waals surface area (Å²) in [6.45, 7) is 1.90. The van der Waals surface area contributed by atoms with Gasteiger partial charge in [0, 0.05) is 5.69 Å². The summed E-state index contributed by atoms with van der Waals surface area (Å²) >= 11 is 6.16. The topological polar surface area (TPSA) is 76.0 Å². The van der Waals surface area contributed by atoms with Crippen molar-refractivity contribution >= 4 is 40.1 Å². The SMILES string of the molecule is CC(NC(=O)c1ccccc1Cl)c1nc2ccccc2n1CC(=O)Nc1ccccc1. The third-order valence-electron chi connectivity index (χ3n) is 4.90. The molecule has 3 aromatic carbocycles. The Bertz CT molecular complexity index is 1240. The second-order valence-corrected chi connectivity index (χ2v) is 7.54. The summed E-state index contributed by atoms with van der Waals surface area (Å²) in [5, 5.41) is 6.21. The van der Waals surface area contributed by atoms with Gasteiger partial charge in [0.05, 0.1) is 27.7 Å². The number of halogens is 1. The van der Waals surface area contributed by atoms with E-state index >= 15 is 0 Å². The van der Waals surface area contributed by atoms with E-state index in [1.54, 1.807) is 24.3 Å². The van der Waals surface area contributed by atoms with Gasteiger partial charge < -0.3 is 15.2 Å². The fraction of sp³-hybridized carbons (Fsp3) is 0.125. The predicted molar refractivity (Wildman–Crippen MR) is 122 cm³/mol. The molecular formula is C24H21ClN4O2. The van der Waals surface area contributed by atoms with Crippen LogP contribution in [0.5, 0.6) is 0 Å². The number of rotatable bonds is 6. The number of carbonyl (C=O) groups is 2. The van der Waals surface area contributed by atoms with Gasteiger partial charge in [0.1, 0.15) is 12.4 Å². The summed E-state index contributed by atoms with van der Waals surface area (Å²) in [6.07, 6.45) is 0. The minimum Gasteiger partial charge on any atom is -0.342 e. The van der Waals surface area contributed by atoms with Crippen molar-refractivity contribution in [2.24, 2.45) is 0 Å². The lowest BCUT2D eigenvalue weighted by Gasteiger charge is -2.17. The molecule has 1 atom stereocenters. The Labute approximate surface area is 184 Å². The number of amides is 2. The van der Waals surface area contributed by atoms with Crippen LogP contribution >= 0.6 is 11.6 Å². The fourth-order valence-corrected chi connectivity index (χ4v) is 3.66. The molecule has 4 aromatic rings. The van der Waals surface area contributed by atoms with Gasteiger partial charge in [0.15, 0.2) is 0 Å². The largest absolute Gasteiger partial charge is 0.342 e. The van der Waals surface area contributed by atoms with E-state index in [4.69, 9.17) is 11.6 Å². The van der Waals surface area contributed by atoms with Crippen LogP contribution in [0.2, 0.25) is 5.02 Å². The molecule has 0 aliphatic heterocycles. The van der Waals surface area contributed by atoms with Crippen molar-refractivity contribution in [2.75, 3.05) is 5.32 Å². The quantitative estimate of drug-likeness (QED) is 0.458. The van der Waals surface area contributed by atoms with Crippen LogP contribution < -0.4 is 10.6 Å². The van der Waals surface area contributed by atoms with Gasteiger partial charge in [0.2, 0.25) is 5.91 Å². The van der Waals surface area contributed by atoms with Crippen LogP contribution in [0.25, 0.3) is 11.0 Å². The maximum Gasteiger partial charge on any atom is 0.253 e. The number of imidazole rings is 1. The molecular weight excluding hydrogens is 412 g/mol. The van der Waals surface area contributed by atoms with Crippen LogP contribution in [-0.2, 0) is 11.3 Å². The number of para-hydroxylation sites is 3. The number of fused-ring (bicyclic) bond motifs is 1. The van der Waals surface area contributed by atoms with Gasteiger partial charge in [-0.3, -0.25) is 9.59 Å². The van der Waals surface area contributed by atoms with Gasteiger partial charge in [-0.2, -0.15) is 0 Å². The average molecular weight is 433 g/mol. The standard InChI is InChI=1S/C24H21ClN4O2/c1-16(26-24(31)18-11-5-6-12-19(18)25)23-28-20-13-7-8-14-21(20)29(23)15-22(30)27-17-9-3-2-4-10-17/h2-14,16H,15H2,1H3,(H,26,31)(H,27,30). The first-order valence-electron chi connectivity index (χ1n) is 9.88. The monoisotopic (exact) mass is 432 g/mol. The van der Waals surface area contributed by atoms with E-state index in [1.807, 2.05) is 66.1 Å². The number of anilines is 1. The molecule has 7 heteroatoms. The highest BCUT2D eigenvalue weighted by Gasteiger charge is 2.21. The number of aromatic nitrogens is 2. The van der Waals surface area contributed by atoms with Crippen molar-refractivity contribution in [1.82, 2.24) is 14.9 Å². The third-order valence-corrected chi connectivity index (χ3v) is 5.23. The maximum atomic E-state index is 12.7. The Morgan fingerprint density at radius 2 is 1.65 bits per heavy atom. The molecule has 0 aliphatic rings. The molecule has 0 saturated carbocycles. The van der Waals surface area contributed by atoms with E-state index in [0.29, 0.717) is 16.4 Å². The lowest BCUT2D eigenvalue weighted by atomic mass is 10.2. The molecule has 2 amide bonds. The summed E-state index contributed by atoms with van der Waals surface area (Å²) in [4.78, 5) is 30.1. The predicted octanol–water partition coefficient (Wildman–Crippen LogP) is 4.82. The highest BCUT2D eigenvalue weighted by Crippen LogP contribution is 2.22. The van der Waals surface area contributed by atoms with Crippen molar-refractivity contribution < 1.29 is 9.59 Å². The van der Waals surface area contributed by atoms with E-state index in [9.17, 15) is 9.59 Å². The van der Waals surface area contributed by atoms with Crippen LogP contribution in [0.3, 0.4) is 0 Å². The second kappa shape index (κ2) is 9.02. The van der Waals surface area contributed by atoms with E-state index < -0.39 is 6.04 Å². The zero-order valence-electron chi connectivity index (χ0n) is 16.9. The first-order chi connectivity index (χ1) is 15.0. The van der Waals surface area contributed by atoms with Crippen LogP contribution in [0.4, 0.5) is 5.69 Å². The smallest absolute Gasteiger partial charge is 0.253 e. The van der Waals surface area contributed by atoms with E-state index in [1.165, 1.54) is 0 Å². The third kappa shape index (κ3) is 4.59. The van der Waals surface area contributed by atoms with Crippen molar-refractivity contribution in [1.29, 1.82) is 0 Å². The first-order valence-corrected chi connectivity index (χ1v) is 10.3. The van der Waals surface area contributed by atoms with Crippen LogP contribution in [0, 0.1) is 0 Å². The number of nitrogens with one attached hydrogen (secondary N) is 2. The molecule has 0 bridgehead atoms. The van der Waals surface area contributed by atoms with E-state index in [0.717, 1.165) is 16.7 Å². The van der Waals surface area contributed by atoms with Gasteiger partial charge in [-0.25, -0.2) is 4.98 Å². The highest BCUT2D eigenvalue weighted by atomic mass is 35.5. The molecule has 6 nitrogen and oxygen atoms in total. The van der Waals surface area contributed by atoms with Gasteiger partial charge >= 0.3 is 0 Å². The molecule has 2 N–H and O–H groups in total. The number of carbonyl (C=O) groups excluding carboxylic acids is 2. The molecule has 0 spiro atoms. The van der Waals surface area contributed by atoms with Gasteiger partial charge in [-0.1, -0.05) is 54.1 Å². The van der Waals surface area contributed by atoms with E-state index in [2.05, 4.69) is 15.6 Å². The Kier molecular flexibility index (Phi) is 6.00. The molecule has 4 rings (SSSR count). The van der Waals surface area contributed by atoms with Crippen molar-refractivity contribution in [2.45, 2.75) is 19.5 Å². The molecule has 0 saturated heterocycles. The molecule has 0 fully saturated rings. The van der Waals surface area contributed by atoms with Crippen LogP contribution in [-0.4, -0.2) is 21.4 Å². The zero-order chi connectivity index (χ0) is 21.8. The lowest BCUT2D eigenvalue weighted by Crippen LogP contribution is -2.30. The summed E-state index contributed by atoms with van der Waals surface area (Å²) in [5.74, 6) is 0.107. The summed E-state index contributed by atoms with van der Waals surface area (Å²) < 4.78 is 1.82. The molecule has 0 radical (unpaired) electrons. The Morgan fingerprint density at radius 1 is 0.968 bits per heavy atom. The number of nitrogens with zero attached hydrogens (tertiary/aromatic N) is 2. The molecule has 31 heavy (non-hydrogen) atoms. The van der Waals surface area contributed by atoms with Crippen LogP contribution in [0.15, 0.2) is 78.9 Å². The summed E-state index contributed by atoms with van der Waals surface area (Å²) in [5.41, 5.74) is 2.68. The Hall–Kier alpha value is -3.64. The molecule has 1 unspecified atom stereocenters. The van der Waals surface area contributed by atoms with Crippen molar-refractivity contribution in [3.05, 3.63) is 95.3 Å². The number of benzene rings is 3. The molecule has 1 heterocycles. The van der Waals surface area contributed by atoms with E-state index in [-0.39, 0.29) is 18.4 Å². The van der Waals surface area contributed by atoms with Crippen molar-refractivity contribution in [3.8, 4) is 0 Å². The summed E-state index contributed by atoms with van der Waals surface area (Å²) in [6, 6.07) is 23.3. The van der Waals surface area contributed by atoms with Gasteiger partial charge in [0.25, 0.3) is 5.91 Å². The summed E-state index contributed by atoms with van der Waals surface area (Å²) in [7, 11) is 0. The van der Waals surface area contributed by atoms with Crippen molar-refractivity contribution in [3.63, 3.8) is 0 Å². The number of hydrogen-bond acceptors (Lipinski definition) is 3. The van der Waals surface area contributed by atoms with Crippen LogP contribution in [0.1, 0.15) is 29.1 Å². The minimum atomic E-state index is -0.444. The second-order valence-electron chi connectivity index (χ2n) is 7.13. The first kappa shape index (κ1) is 20.6. The Morgan fingerprint density at radius 3 is 2.42 bits per heavy atom. The minimum absolute atomic E-state index is 0.0665. The maximum absolute atomic E-state index is 12.7. The normalized spacial score (nSPS) is 11.8. The van der Waals surface area contributed by atoms with Gasteiger partial charge in [-0.05, 0) is 43.3 Å². The molecule has 156 valence electrons. The fourth-order valence-electron chi connectivity index (χ4n) is 3.44. The average Bonchev–Trinajstić information content (AvgIpc) is 3.13. The lowest BCUT2D eigenvalue weighted by molar-refractivity contribution is -0.116. The molecule has 0 aliphatic carbocycles. The highest BCUT2D eigenvalue weighted by molar-refractivity contribution is 6.33. The Balaban J connectivity index is 1.60. The number of hydrogen-bond donors (Lipinski definition) is 2.